The minimum absolute atomic E-state index is 0.310. The maximum absolute atomic E-state index is 8.37. The van der Waals surface area contributed by atoms with E-state index in [0.29, 0.717) is 6.04 Å². The van der Waals surface area contributed by atoms with Gasteiger partial charge in [-0.15, -0.1) is 0 Å². The number of nitrogens with one attached hydrogen (secondary N) is 2. The molecule has 0 saturated heterocycles. The Labute approximate surface area is 68.8 Å². The first-order valence-corrected chi connectivity index (χ1v) is 4.20. The molecule has 3 heteroatoms. The third-order valence-electron chi connectivity index (χ3n) is 1.55. The Morgan fingerprint density at radius 3 is 2.64 bits per heavy atom. The summed E-state index contributed by atoms with van der Waals surface area (Å²) in [6.45, 7) is 6.04. The summed E-state index contributed by atoms with van der Waals surface area (Å²) in [7, 11) is 0. The van der Waals surface area contributed by atoms with Crippen LogP contribution >= 0.6 is 0 Å². The molecule has 0 aromatic heterocycles. The van der Waals surface area contributed by atoms with Crippen molar-refractivity contribution in [3.05, 3.63) is 0 Å². The lowest BCUT2D eigenvalue weighted by atomic mass is 10.2. The zero-order valence-corrected chi connectivity index (χ0v) is 7.35. The van der Waals surface area contributed by atoms with Crippen molar-refractivity contribution < 1.29 is 0 Å². The van der Waals surface area contributed by atoms with Gasteiger partial charge in [0, 0.05) is 12.6 Å². The highest BCUT2D eigenvalue weighted by atomic mass is 15.0. The van der Waals surface area contributed by atoms with Crippen LogP contribution in [-0.2, 0) is 0 Å². The van der Waals surface area contributed by atoms with Crippen molar-refractivity contribution in [1.29, 1.82) is 5.26 Å². The van der Waals surface area contributed by atoms with Gasteiger partial charge in [0.15, 0.2) is 6.19 Å². The molecule has 1 unspecified atom stereocenters. The monoisotopic (exact) mass is 155 g/mol. The number of rotatable bonds is 6. The molecule has 64 valence electrons. The van der Waals surface area contributed by atoms with E-state index in [4.69, 9.17) is 5.26 Å². The predicted octanol–water partition coefficient (Wildman–Crippen LogP) is 0.835. The van der Waals surface area contributed by atoms with Crippen LogP contribution in [0.25, 0.3) is 0 Å². The maximum atomic E-state index is 8.37. The molecule has 0 aliphatic heterocycles. The fourth-order valence-corrected chi connectivity index (χ4v) is 0.984. The molecule has 0 rings (SSSR count). The lowest BCUT2D eigenvalue weighted by Crippen LogP contribution is -2.35. The van der Waals surface area contributed by atoms with Crippen molar-refractivity contribution >= 4 is 0 Å². The van der Waals surface area contributed by atoms with Gasteiger partial charge in [0.2, 0.25) is 0 Å². The van der Waals surface area contributed by atoms with Crippen molar-refractivity contribution in [2.75, 3.05) is 13.1 Å². The van der Waals surface area contributed by atoms with Crippen LogP contribution in [0.3, 0.4) is 0 Å². The fraction of sp³-hybridized carbons (Fsp3) is 0.875. The van der Waals surface area contributed by atoms with E-state index in [2.05, 4.69) is 24.5 Å². The maximum Gasteiger partial charge on any atom is 0.176 e. The molecule has 0 heterocycles. The van der Waals surface area contributed by atoms with Gasteiger partial charge in [-0.05, 0) is 13.0 Å². The number of nitriles is 1. The molecular weight excluding hydrogens is 138 g/mol. The summed E-state index contributed by atoms with van der Waals surface area (Å²) in [4.78, 5) is 0. The van der Waals surface area contributed by atoms with Gasteiger partial charge in [-0.2, -0.15) is 5.26 Å². The van der Waals surface area contributed by atoms with Crippen LogP contribution in [0.2, 0.25) is 0 Å². The summed E-state index contributed by atoms with van der Waals surface area (Å²) in [5, 5.41) is 14.3. The van der Waals surface area contributed by atoms with E-state index < -0.39 is 0 Å². The van der Waals surface area contributed by atoms with Gasteiger partial charge >= 0.3 is 0 Å². The summed E-state index contributed by atoms with van der Waals surface area (Å²) >= 11 is 0. The molecular formula is C8H17N3. The van der Waals surface area contributed by atoms with Crippen molar-refractivity contribution in [1.82, 2.24) is 10.6 Å². The summed E-state index contributed by atoms with van der Waals surface area (Å²) in [5.41, 5.74) is 0. The van der Waals surface area contributed by atoms with E-state index >= 15 is 0 Å². The number of likely N-dealkylation sites (N-methyl/N-ethyl adjacent to an activating group) is 1. The zero-order chi connectivity index (χ0) is 8.53. The number of hydrogen-bond donors (Lipinski definition) is 2. The largest absolute Gasteiger partial charge is 0.319 e. The first-order valence-electron chi connectivity index (χ1n) is 4.20. The molecule has 0 aliphatic rings. The molecule has 0 saturated carbocycles. The zero-order valence-electron chi connectivity index (χ0n) is 7.35. The quantitative estimate of drug-likeness (QED) is 0.441. The molecule has 0 spiro atoms. The van der Waals surface area contributed by atoms with Gasteiger partial charge in [0.05, 0.1) is 0 Å². The normalized spacial score (nSPS) is 12.1. The summed E-state index contributed by atoms with van der Waals surface area (Å²) in [5.74, 6) is 0. The highest BCUT2D eigenvalue weighted by Crippen LogP contribution is 1.93. The van der Waals surface area contributed by atoms with Gasteiger partial charge in [-0.25, -0.2) is 0 Å². The Kier molecular flexibility index (Phi) is 6.86. The molecule has 0 radical (unpaired) electrons. The van der Waals surface area contributed by atoms with Crippen LogP contribution in [0.5, 0.6) is 0 Å². The summed E-state index contributed by atoms with van der Waals surface area (Å²) in [6, 6.07) is 0.310. The lowest BCUT2D eigenvalue weighted by Gasteiger charge is -2.13. The van der Waals surface area contributed by atoms with E-state index in [0.717, 1.165) is 25.9 Å². The first-order chi connectivity index (χ1) is 5.35. The molecule has 0 bridgehead atoms. The molecule has 1 atom stereocenters. The van der Waals surface area contributed by atoms with Crippen LogP contribution in [0.15, 0.2) is 0 Å². The average Bonchev–Trinajstić information content (AvgIpc) is 2.01. The number of hydrogen-bond acceptors (Lipinski definition) is 3. The van der Waals surface area contributed by atoms with Gasteiger partial charge in [0.1, 0.15) is 0 Å². The van der Waals surface area contributed by atoms with Crippen LogP contribution in [0.1, 0.15) is 26.7 Å². The minimum Gasteiger partial charge on any atom is -0.319 e. The highest BCUT2D eigenvalue weighted by molar-refractivity contribution is 4.77. The Morgan fingerprint density at radius 1 is 1.45 bits per heavy atom. The van der Waals surface area contributed by atoms with Gasteiger partial charge in [-0.1, -0.05) is 20.3 Å². The molecule has 2 N–H and O–H groups in total. The van der Waals surface area contributed by atoms with E-state index in [1.54, 1.807) is 0 Å². The Bertz CT molecular complexity index is 117. The predicted molar refractivity (Wildman–Crippen MR) is 46.0 cm³/mol. The molecule has 0 fully saturated rings. The standard InChI is InChI=1S/C8H17N3/c1-3-5-8(11-7-9)6-10-4-2/h8,10-11H,3-6H2,1-2H3. The van der Waals surface area contributed by atoms with E-state index in [1.807, 2.05) is 6.19 Å². The molecule has 3 nitrogen and oxygen atoms in total. The van der Waals surface area contributed by atoms with Crippen molar-refractivity contribution in [2.45, 2.75) is 32.7 Å². The Morgan fingerprint density at radius 2 is 2.18 bits per heavy atom. The molecule has 0 amide bonds. The topological polar surface area (TPSA) is 47.8 Å². The third kappa shape index (κ3) is 5.68. The van der Waals surface area contributed by atoms with Gasteiger partial charge in [-0.3, -0.25) is 0 Å². The molecule has 11 heavy (non-hydrogen) atoms. The van der Waals surface area contributed by atoms with E-state index in [1.165, 1.54) is 0 Å². The van der Waals surface area contributed by atoms with Crippen molar-refractivity contribution in [2.24, 2.45) is 0 Å². The van der Waals surface area contributed by atoms with Crippen LogP contribution < -0.4 is 10.6 Å². The fourth-order valence-electron chi connectivity index (χ4n) is 0.984. The second-order valence-corrected chi connectivity index (χ2v) is 2.55. The SMILES string of the molecule is CCCC(CNCC)NC#N. The molecule has 0 aromatic carbocycles. The second-order valence-electron chi connectivity index (χ2n) is 2.55. The summed E-state index contributed by atoms with van der Waals surface area (Å²) < 4.78 is 0. The minimum atomic E-state index is 0.310. The number of nitrogens with zero attached hydrogens (tertiary/aromatic N) is 1. The molecule has 0 aliphatic carbocycles. The van der Waals surface area contributed by atoms with Crippen LogP contribution in [0.4, 0.5) is 0 Å². The van der Waals surface area contributed by atoms with Crippen LogP contribution in [0, 0.1) is 11.5 Å². The van der Waals surface area contributed by atoms with E-state index in [9.17, 15) is 0 Å². The van der Waals surface area contributed by atoms with Gasteiger partial charge in [0.25, 0.3) is 0 Å². The highest BCUT2D eigenvalue weighted by Gasteiger charge is 2.03. The van der Waals surface area contributed by atoms with Crippen molar-refractivity contribution in [3.8, 4) is 6.19 Å². The van der Waals surface area contributed by atoms with Crippen LogP contribution in [-0.4, -0.2) is 19.1 Å². The Hall–Kier alpha value is -0.750. The molecule has 0 aromatic rings. The Balaban J connectivity index is 3.44. The summed E-state index contributed by atoms with van der Waals surface area (Å²) in [6.07, 6.45) is 4.14. The first kappa shape index (κ1) is 10.2. The average molecular weight is 155 g/mol. The van der Waals surface area contributed by atoms with Crippen molar-refractivity contribution in [3.63, 3.8) is 0 Å². The smallest absolute Gasteiger partial charge is 0.176 e. The van der Waals surface area contributed by atoms with Gasteiger partial charge < -0.3 is 10.6 Å². The third-order valence-corrected chi connectivity index (χ3v) is 1.55. The second kappa shape index (κ2) is 7.36. The lowest BCUT2D eigenvalue weighted by molar-refractivity contribution is 0.501. The van der Waals surface area contributed by atoms with E-state index in [-0.39, 0.29) is 0 Å².